The van der Waals surface area contributed by atoms with Gasteiger partial charge in [-0.2, -0.15) is 0 Å². The highest BCUT2D eigenvalue weighted by Crippen LogP contribution is 2.02. The average Bonchev–Trinajstić information content (AvgIpc) is 2.99. The van der Waals surface area contributed by atoms with Crippen molar-refractivity contribution in [2.45, 2.75) is 26.3 Å². The van der Waals surface area contributed by atoms with Crippen molar-refractivity contribution < 1.29 is 4.79 Å². The fraction of sp³-hybridized carbons (Fsp3) is 0.467. The normalized spacial score (nSPS) is 11.0. The number of carbonyl (C=O) groups is 1. The van der Waals surface area contributed by atoms with E-state index in [9.17, 15) is 4.79 Å². The lowest BCUT2D eigenvalue weighted by molar-refractivity contribution is -0.120. The maximum Gasteiger partial charge on any atom is 0.221 e. The van der Waals surface area contributed by atoms with E-state index in [0.717, 1.165) is 17.9 Å². The number of carbonyl (C=O) groups excluding carboxylic acids is 1. The van der Waals surface area contributed by atoms with Gasteiger partial charge in [0, 0.05) is 32.8 Å². The van der Waals surface area contributed by atoms with Crippen LogP contribution < -0.4 is 16.0 Å². The van der Waals surface area contributed by atoms with E-state index in [1.807, 2.05) is 35.7 Å². The van der Waals surface area contributed by atoms with Crippen molar-refractivity contribution in [2.24, 2.45) is 4.99 Å². The molecule has 132 valence electrons. The molecule has 0 fully saturated rings. The predicted octanol–water partition coefficient (Wildman–Crippen LogP) is 0.929. The Hall–Kier alpha value is -1.91. The fourth-order valence-corrected chi connectivity index (χ4v) is 2.04. The van der Waals surface area contributed by atoms with Gasteiger partial charge in [0.1, 0.15) is 0 Å². The number of aromatic nitrogens is 3. The Morgan fingerprint density at radius 1 is 1.21 bits per heavy atom. The summed E-state index contributed by atoms with van der Waals surface area (Å²) in [4.78, 5) is 15.7. The zero-order valence-electron chi connectivity index (χ0n) is 14.0. The second-order valence-corrected chi connectivity index (χ2v) is 5.00. The third-order valence-electron chi connectivity index (χ3n) is 3.24. The topological polar surface area (TPSA) is 95.7 Å². The highest BCUT2D eigenvalue weighted by Gasteiger charge is 2.06. The van der Waals surface area contributed by atoms with Crippen LogP contribution in [0.2, 0.25) is 0 Å². The minimum Gasteiger partial charge on any atom is -0.356 e. The van der Waals surface area contributed by atoms with E-state index in [4.69, 9.17) is 0 Å². The summed E-state index contributed by atoms with van der Waals surface area (Å²) in [7, 11) is 1.69. The van der Waals surface area contributed by atoms with Gasteiger partial charge in [-0.3, -0.25) is 14.2 Å². The first-order valence-electron chi connectivity index (χ1n) is 7.74. The van der Waals surface area contributed by atoms with Crippen LogP contribution in [-0.4, -0.2) is 46.6 Å². The highest BCUT2D eigenvalue weighted by molar-refractivity contribution is 14.0. The Bertz CT molecular complexity index is 671. The third-order valence-corrected chi connectivity index (χ3v) is 3.24. The van der Waals surface area contributed by atoms with Gasteiger partial charge in [0.2, 0.25) is 5.91 Å². The molecule has 0 aliphatic rings. The molecule has 0 unspecified atom stereocenters. The standard InChI is InChI=1S/C15H23N7O.HI/c1-3-8-17-14(23)7-9-18-15(16-2)19-11-13-21-20-12-6-4-5-10-22(12)13;/h4-6,10H,3,7-9,11H2,1-2H3,(H,17,23)(H2,16,18,19);1H. The molecule has 2 rings (SSSR count). The van der Waals surface area contributed by atoms with Crippen molar-refractivity contribution in [1.82, 2.24) is 30.5 Å². The first kappa shape index (κ1) is 20.1. The fourth-order valence-electron chi connectivity index (χ4n) is 2.04. The molecule has 1 amide bonds. The third kappa shape index (κ3) is 5.95. The number of nitrogens with one attached hydrogen (secondary N) is 3. The maximum absolute atomic E-state index is 11.5. The summed E-state index contributed by atoms with van der Waals surface area (Å²) in [5.41, 5.74) is 0.805. The van der Waals surface area contributed by atoms with Gasteiger partial charge in [-0.05, 0) is 18.6 Å². The maximum atomic E-state index is 11.5. The molecule has 0 spiro atoms. The molecule has 0 bridgehead atoms. The summed E-state index contributed by atoms with van der Waals surface area (Å²) in [5, 5.41) is 17.4. The average molecular weight is 445 g/mol. The van der Waals surface area contributed by atoms with Crippen molar-refractivity contribution in [3.63, 3.8) is 0 Å². The summed E-state index contributed by atoms with van der Waals surface area (Å²) in [6, 6.07) is 5.76. The second-order valence-electron chi connectivity index (χ2n) is 5.00. The Balaban J connectivity index is 0.00000288. The molecule has 3 N–H and O–H groups in total. The van der Waals surface area contributed by atoms with Crippen LogP contribution in [0.15, 0.2) is 29.4 Å². The minimum absolute atomic E-state index is 0. The lowest BCUT2D eigenvalue weighted by Gasteiger charge is -2.11. The summed E-state index contributed by atoms with van der Waals surface area (Å²) in [5.74, 6) is 1.46. The van der Waals surface area contributed by atoms with Gasteiger partial charge in [-0.15, -0.1) is 34.2 Å². The van der Waals surface area contributed by atoms with Crippen molar-refractivity contribution >= 4 is 41.5 Å². The van der Waals surface area contributed by atoms with E-state index in [0.29, 0.717) is 32.0 Å². The molecular weight excluding hydrogens is 421 g/mol. The van der Waals surface area contributed by atoms with E-state index in [1.54, 1.807) is 7.05 Å². The summed E-state index contributed by atoms with van der Waals surface area (Å²) >= 11 is 0. The molecule has 8 nitrogen and oxygen atoms in total. The van der Waals surface area contributed by atoms with E-state index in [2.05, 4.69) is 31.1 Å². The number of fused-ring (bicyclic) bond motifs is 1. The molecule has 2 aromatic heterocycles. The Kier molecular flexibility index (Phi) is 9.05. The van der Waals surface area contributed by atoms with E-state index >= 15 is 0 Å². The highest BCUT2D eigenvalue weighted by atomic mass is 127. The number of aliphatic imine (C=N–C) groups is 1. The van der Waals surface area contributed by atoms with Crippen molar-refractivity contribution in [2.75, 3.05) is 20.1 Å². The summed E-state index contributed by atoms with van der Waals surface area (Å²) in [6.07, 6.45) is 3.27. The Morgan fingerprint density at radius 3 is 2.79 bits per heavy atom. The Morgan fingerprint density at radius 2 is 2.04 bits per heavy atom. The zero-order valence-corrected chi connectivity index (χ0v) is 16.3. The van der Waals surface area contributed by atoms with E-state index in [-0.39, 0.29) is 29.9 Å². The number of rotatable bonds is 7. The van der Waals surface area contributed by atoms with Crippen molar-refractivity contribution in [3.8, 4) is 0 Å². The molecule has 2 heterocycles. The van der Waals surface area contributed by atoms with Crippen LogP contribution in [0.5, 0.6) is 0 Å². The number of nitrogens with zero attached hydrogens (tertiary/aromatic N) is 4. The minimum atomic E-state index is 0. The smallest absolute Gasteiger partial charge is 0.221 e. The van der Waals surface area contributed by atoms with Crippen molar-refractivity contribution in [1.29, 1.82) is 0 Å². The molecule has 0 atom stereocenters. The summed E-state index contributed by atoms with van der Waals surface area (Å²) in [6.45, 7) is 3.76. The molecule has 0 aliphatic carbocycles. The number of pyridine rings is 1. The number of halogens is 1. The monoisotopic (exact) mass is 445 g/mol. The zero-order chi connectivity index (χ0) is 16.5. The molecule has 0 saturated heterocycles. The van der Waals surface area contributed by atoms with Crippen LogP contribution >= 0.6 is 24.0 Å². The first-order chi connectivity index (χ1) is 11.2. The van der Waals surface area contributed by atoms with Crippen LogP contribution in [0, 0.1) is 0 Å². The number of hydrogen-bond donors (Lipinski definition) is 3. The molecular formula is C15H24IN7O. The van der Waals surface area contributed by atoms with Crippen LogP contribution in [-0.2, 0) is 11.3 Å². The predicted molar refractivity (Wildman–Crippen MR) is 105 cm³/mol. The van der Waals surface area contributed by atoms with Crippen molar-refractivity contribution in [3.05, 3.63) is 30.2 Å². The van der Waals surface area contributed by atoms with Crippen LogP contribution in [0.1, 0.15) is 25.6 Å². The van der Waals surface area contributed by atoms with E-state index < -0.39 is 0 Å². The molecule has 9 heteroatoms. The molecule has 24 heavy (non-hydrogen) atoms. The van der Waals surface area contributed by atoms with Gasteiger partial charge in [0.05, 0.1) is 6.54 Å². The lowest BCUT2D eigenvalue weighted by Crippen LogP contribution is -2.39. The van der Waals surface area contributed by atoms with Crippen LogP contribution in [0.3, 0.4) is 0 Å². The molecule has 0 aliphatic heterocycles. The van der Waals surface area contributed by atoms with Gasteiger partial charge in [-0.1, -0.05) is 13.0 Å². The molecule has 0 radical (unpaired) electrons. The van der Waals surface area contributed by atoms with E-state index in [1.165, 1.54) is 0 Å². The largest absolute Gasteiger partial charge is 0.356 e. The quantitative estimate of drug-likeness (QED) is 0.335. The number of guanidine groups is 1. The van der Waals surface area contributed by atoms with Gasteiger partial charge in [0.15, 0.2) is 17.4 Å². The number of hydrogen-bond acceptors (Lipinski definition) is 4. The lowest BCUT2D eigenvalue weighted by atomic mass is 10.4. The van der Waals surface area contributed by atoms with Gasteiger partial charge in [-0.25, -0.2) is 0 Å². The second kappa shape index (κ2) is 10.8. The van der Waals surface area contributed by atoms with Crippen LogP contribution in [0.4, 0.5) is 0 Å². The van der Waals surface area contributed by atoms with Gasteiger partial charge >= 0.3 is 0 Å². The van der Waals surface area contributed by atoms with Crippen LogP contribution in [0.25, 0.3) is 5.65 Å². The number of amides is 1. The van der Waals surface area contributed by atoms with Gasteiger partial charge < -0.3 is 16.0 Å². The molecule has 2 aromatic rings. The SMILES string of the molecule is CCCNC(=O)CCNC(=NC)NCc1nnc2ccccn12.I. The Labute approximate surface area is 158 Å². The molecule has 0 aromatic carbocycles. The summed E-state index contributed by atoms with van der Waals surface area (Å²) < 4.78 is 1.92. The first-order valence-corrected chi connectivity index (χ1v) is 7.74. The molecule has 0 saturated carbocycles. The van der Waals surface area contributed by atoms with Gasteiger partial charge in [0.25, 0.3) is 0 Å².